The van der Waals surface area contributed by atoms with Crippen LogP contribution in [0, 0.1) is 0 Å². The lowest BCUT2D eigenvalue weighted by Crippen LogP contribution is -2.37. The number of carbonyl (C=O) groups is 3. The van der Waals surface area contributed by atoms with Gasteiger partial charge >= 0.3 is 11.9 Å². The number of ether oxygens (including phenoxy) is 2. The highest BCUT2D eigenvalue weighted by Gasteiger charge is 2.29. The standard InChI is InChI=1S/C19H18N2O8/c1-28-19(27)11-5-3-2-4-10(11)7-21-13-9-29-8-12(13)16(24)15(18(21)26)17(25)20-6-14(22)23/h2-5,24H,6-9H2,1H3,(H,20,25)(H,22,23). The largest absolute Gasteiger partial charge is 0.506 e. The maximum absolute atomic E-state index is 13.0. The summed E-state index contributed by atoms with van der Waals surface area (Å²) in [5, 5.41) is 21.2. The van der Waals surface area contributed by atoms with Crippen LogP contribution in [-0.4, -0.2) is 46.3 Å². The molecule has 0 bridgehead atoms. The third-order valence-electron chi connectivity index (χ3n) is 4.52. The van der Waals surface area contributed by atoms with E-state index in [1.807, 2.05) is 0 Å². The van der Waals surface area contributed by atoms with Crippen molar-refractivity contribution in [3.63, 3.8) is 0 Å². The number of aliphatic carboxylic acids is 1. The number of hydrogen-bond acceptors (Lipinski definition) is 7. The monoisotopic (exact) mass is 402 g/mol. The van der Waals surface area contributed by atoms with Crippen LogP contribution < -0.4 is 10.9 Å². The van der Waals surface area contributed by atoms with E-state index in [9.17, 15) is 24.3 Å². The summed E-state index contributed by atoms with van der Waals surface area (Å²) < 4.78 is 11.3. The normalized spacial score (nSPS) is 12.3. The van der Waals surface area contributed by atoms with Crippen LogP contribution >= 0.6 is 0 Å². The van der Waals surface area contributed by atoms with E-state index in [1.165, 1.54) is 11.7 Å². The number of carboxylic acids is 1. The van der Waals surface area contributed by atoms with E-state index in [-0.39, 0.29) is 30.9 Å². The molecule has 10 nitrogen and oxygen atoms in total. The number of aromatic nitrogens is 1. The number of carboxylic acid groups (broad SMARTS) is 1. The van der Waals surface area contributed by atoms with Crippen molar-refractivity contribution in [1.29, 1.82) is 0 Å². The van der Waals surface area contributed by atoms with Gasteiger partial charge in [-0.1, -0.05) is 18.2 Å². The predicted molar refractivity (Wildman–Crippen MR) is 97.7 cm³/mol. The first-order valence-corrected chi connectivity index (χ1v) is 8.56. The molecule has 0 saturated carbocycles. The number of amides is 1. The molecule has 0 saturated heterocycles. The van der Waals surface area contributed by atoms with Crippen molar-refractivity contribution in [3.8, 4) is 5.75 Å². The van der Waals surface area contributed by atoms with Gasteiger partial charge in [0.15, 0.2) is 0 Å². The zero-order valence-electron chi connectivity index (χ0n) is 15.4. The highest BCUT2D eigenvalue weighted by atomic mass is 16.5. The van der Waals surface area contributed by atoms with Gasteiger partial charge in [-0.05, 0) is 11.6 Å². The van der Waals surface area contributed by atoms with Crippen molar-refractivity contribution < 1.29 is 34.1 Å². The first kappa shape index (κ1) is 20.1. The van der Waals surface area contributed by atoms with Crippen LogP contribution in [0.2, 0.25) is 0 Å². The number of nitrogens with one attached hydrogen (secondary N) is 1. The molecular formula is C19H18N2O8. The molecule has 1 aromatic heterocycles. The Morgan fingerprint density at radius 1 is 1.24 bits per heavy atom. The Labute approximate surface area is 164 Å². The van der Waals surface area contributed by atoms with Gasteiger partial charge in [-0.15, -0.1) is 0 Å². The van der Waals surface area contributed by atoms with Crippen LogP contribution in [0.1, 0.15) is 37.5 Å². The fourth-order valence-electron chi connectivity index (χ4n) is 3.13. The van der Waals surface area contributed by atoms with Gasteiger partial charge in [0.25, 0.3) is 11.5 Å². The van der Waals surface area contributed by atoms with Gasteiger partial charge in [-0.25, -0.2) is 4.79 Å². The Bertz CT molecular complexity index is 1060. The third kappa shape index (κ3) is 3.83. The molecular weight excluding hydrogens is 384 g/mol. The molecule has 0 fully saturated rings. The summed E-state index contributed by atoms with van der Waals surface area (Å²) in [5.41, 5.74) is -0.0411. The number of rotatable bonds is 6. The van der Waals surface area contributed by atoms with E-state index >= 15 is 0 Å². The Hall–Kier alpha value is -3.66. The molecule has 3 rings (SSSR count). The van der Waals surface area contributed by atoms with Gasteiger partial charge in [0, 0.05) is 5.56 Å². The molecule has 29 heavy (non-hydrogen) atoms. The first-order chi connectivity index (χ1) is 13.8. The third-order valence-corrected chi connectivity index (χ3v) is 4.52. The SMILES string of the molecule is COC(=O)c1ccccc1Cn1c2c(c(O)c(C(=O)NCC(=O)O)c1=O)COC2. The lowest BCUT2D eigenvalue weighted by molar-refractivity contribution is -0.135. The number of fused-ring (bicyclic) bond motifs is 1. The summed E-state index contributed by atoms with van der Waals surface area (Å²) in [5.74, 6) is -3.43. The number of esters is 1. The summed E-state index contributed by atoms with van der Waals surface area (Å²) >= 11 is 0. The van der Waals surface area contributed by atoms with E-state index in [4.69, 9.17) is 14.6 Å². The smallest absolute Gasteiger partial charge is 0.338 e. The molecule has 0 unspecified atom stereocenters. The van der Waals surface area contributed by atoms with Gasteiger partial charge in [-0.3, -0.25) is 14.4 Å². The van der Waals surface area contributed by atoms with Crippen LogP contribution in [0.25, 0.3) is 0 Å². The second-order valence-electron chi connectivity index (χ2n) is 6.26. The van der Waals surface area contributed by atoms with Crippen molar-refractivity contribution >= 4 is 17.8 Å². The van der Waals surface area contributed by atoms with Gasteiger partial charge in [-0.2, -0.15) is 0 Å². The maximum Gasteiger partial charge on any atom is 0.338 e. The second kappa shape index (κ2) is 8.15. The molecule has 2 aromatic rings. The summed E-state index contributed by atoms with van der Waals surface area (Å²) in [4.78, 5) is 48.1. The van der Waals surface area contributed by atoms with E-state index < -0.39 is 41.3 Å². The highest BCUT2D eigenvalue weighted by molar-refractivity contribution is 5.98. The van der Waals surface area contributed by atoms with Crippen LogP contribution in [0.3, 0.4) is 0 Å². The van der Waals surface area contributed by atoms with Crippen molar-refractivity contribution in [3.05, 3.63) is 62.6 Å². The lowest BCUT2D eigenvalue weighted by atomic mass is 10.1. The minimum atomic E-state index is -1.30. The van der Waals surface area contributed by atoms with Crippen molar-refractivity contribution in [2.24, 2.45) is 0 Å². The fourth-order valence-corrected chi connectivity index (χ4v) is 3.13. The molecule has 152 valence electrons. The zero-order valence-corrected chi connectivity index (χ0v) is 15.4. The summed E-state index contributed by atoms with van der Waals surface area (Å²) in [7, 11) is 1.24. The van der Waals surface area contributed by atoms with E-state index in [0.29, 0.717) is 11.3 Å². The zero-order chi connectivity index (χ0) is 21.1. The van der Waals surface area contributed by atoms with Gasteiger partial charge in [0.05, 0.1) is 38.1 Å². The van der Waals surface area contributed by atoms with Gasteiger partial charge in [0.1, 0.15) is 17.9 Å². The topological polar surface area (TPSA) is 144 Å². The van der Waals surface area contributed by atoms with Gasteiger partial charge in [0.2, 0.25) is 0 Å². The molecule has 1 aromatic carbocycles. The van der Waals surface area contributed by atoms with Crippen molar-refractivity contribution in [2.45, 2.75) is 19.8 Å². The summed E-state index contributed by atoms with van der Waals surface area (Å²) in [6.45, 7) is -0.763. The van der Waals surface area contributed by atoms with Crippen molar-refractivity contribution in [2.75, 3.05) is 13.7 Å². The molecule has 3 N–H and O–H groups in total. The molecule has 10 heteroatoms. The van der Waals surface area contributed by atoms with Crippen LogP contribution in [0.15, 0.2) is 29.1 Å². The van der Waals surface area contributed by atoms with Crippen LogP contribution in [0.4, 0.5) is 0 Å². The number of pyridine rings is 1. The van der Waals surface area contributed by atoms with Crippen LogP contribution in [-0.2, 0) is 34.0 Å². The fraction of sp³-hybridized carbons (Fsp3) is 0.263. The second-order valence-corrected chi connectivity index (χ2v) is 6.26. The molecule has 0 radical (unpaired) electrons. The maximum atomic E-state index is 13.0. The molecule has 1 aliphatic rings. The predicted octanol–water partition coefficient (Wildman–Crippen LogP) is 0.233. The Morgan fingerprint density at radius 2 is 1.97 bits per heavy atom. The number of carbonyl (C=O) groups excluding carboxylic acids is 2. The van der Waals surface area contributed by atoms with Gasteiger partial charge < -0.3 is 29.6 Å². The van der Waals surface area contributed by atoms with E-state index in [0.717, 1.165) is 0 Å². The van der Waals surface area contributed by atoms with E-state index in [1.54, 1.807) is 24.3 Å². The summed E-state index contributed by atoms with van der Waals surface area (Å²) in [6.07, 6.45) is 0. The summed E-state index contributed by atoms with van der Waals surface area (Å²) in [6, 6.07) is 6.51. The molecule has 1 amide bonds. The molecule has 0 spiro atoms. The lowest BCUT2D eigenvalue weighted by Gasteiger charge is -2.16. The molecule has 0 atom stereocenters. The molecule has 0 aliphatic carbocycles. The Balaban J connectivity index is 2.11. The Kier molecular flexibility index (Phi) is 5.64. The minimum Gasteiger partial charge on any atom is -0.506 e. The number of hydrogen-bond donors (Lipinski definition) is 3. The molecule has 2 heterocycles. The minimum absolute atomic E-state index is 0.0146. The average Bonchev–Trinajstić information content (AvgIpc) is 3.19. The van der Waals surface area contributed by atoms with Crippen molar-refractivity contribution in [1.82, 2.24) is 9.88 Å². The number of nitrogens with zero attached hydrogens (tertiary/aromatic N) is 1. The van der Waals surface area contributed by atoms with E-state index in [2.05, 4.69) is 5.32 Å². The number of benzene rings is 1. The highest BCUT2D eigenvalue weighted by Crippen LogP contribution is 2.30. The quantitative estimate of drug-likeness (QED) is 0.583. The molecule has 1 aliphatic heterocycles. The number of methoxy groups -OCH3 is 1. The average molecular weight is 402 g/mol. The van der Waals surface area contributed by atoms with Crippen LogP contribution in [0.5, 0.6) is 5.75 Å². The Morgan fingerprint density at radius 3 is 2.66 bits per heavy atom. The number of aromatic hydroxyl groups is 1. The first-order valence-electron chi connectivity index (χ1n) is 8.56.